The monoisotopic (exact) mass is 304 g/mol. The van der Waals surface area contributed by atoms with Crippen molar-refractivity contribution in [3.05, 3.63) is 35.9 Å². The van der Waals surface area contributed by atoms with Crippen LogP contribution in [-0.4, -0.2) is 39.3 Å². The van der Waals surface area contributed by atoms with Gasteiger partial charge in [-0.3, -0.25) is 4.79 Å². The minimum Gasteiger partial charge on any atom is -0.463 e. The van der Waals surface area contributed by atoms with Gasteiger partial charge < -0.3 is 15.4 Å². The molecule has 2 N–H and O–H groups in total. The molecule has 120 valence electrons. The maximum Gasteiger partial charge on any atom is 0.293 e. The van der Waals surface area contributed by atoms with E-state index in [1.807, 2.05) is 30.3 Å². The Morgan fingerprint density at radius 2 is 1.95 bits per heavy atom. The van der Waals surface area contributed by atoms with Gasteiger partial charge in [0.15, 0.2) is 0 Å². The van der Waals surface area contributed by atoms with Gasteiger partial charge in [-0.15, -0.1) is 0 Å². The molecule has 2 atom stereocenters. The Hall–Kier alpha value is -1.53. The maximum absolute atomic E-state index is 9.76. The Morgan fingerprint density at radius 1 is 1.27 bits per heavy atom. The van der Waals surface area contributed by atoms with E-state index >= 15 is 0 Å². The summed E-state index contributed by atoms with van der Waals surface area (Å²) in [6.45, 7) is 5.95. The van der Waals surface area contributed by atoms with Gasteiger partial charge in [0, 0.05) is 12.6 Å². The van der Waals surface area contributed by atoms with Crippen LogP contribution in [0.15, 0.2) is 30.3 Å². The fraction of sp³-hybridized carbons (Fsp3) is 0.562. The van der Waals surface area contributed by atoms with Crippen molar-refractivity contribution in [3.63, 3.8) is 0 Å². The number of rotatable bonds is 3. The molecular weight excluding hydrogens is 279 g/mol. The summed E-state index contributed by atoms with van der Waals surface area (Å²) < 4.78 is 13.3. The molecule has 2 saturated heterocycles. The van der Waals surface area contributed by atoms with Gasteiger partial charge in [0.2, 0.25) is 0 Å². The first kappa shape index (κ1) is 18.5. The summed E-state index contributed by atoms with van der Waals surface area (Å²) in [6.07, 6.45) is 2.80. The second-order valence-electron chi connectivity index (χ2n) is 5.23. The van der Waals surface area contributed by atoms with Crippen molar-refractivity contribution in [2.24, 2.45) is 5.92 Å². The van der Waals surface area contributed by atoms with Gasteiger partial charge in [0.1, 0.15) is 6.61 Å². The number of fused-ring (bicyclic) bond motifs is 1. The summed E-state index contributed by atoms with van der Waals surface area (Å²) in [4.78, 5) is 9.76. The predicted octanol–water partition coefficient (Wildman–Crippen LogP) is 1.40. The van der Waals surface area contributed by atoms with E-state index in [0.717, 1.165) is 24.7 Å². The van der Waals surface area contributed by atoms with E-state index in [9.17, 15) is 4.79 Å². The zero-order valence-electron chi connectivity index (χ0n) is 13.2. The third-order valence-electron chi connectivity index (χ3n) is 3.71. The van der Waals surface area contributed by atoms with Crippen molar-refractivity contribution in [1.82, 2.24) is 10.6 Å². The van der Waals surface area contributed by atoms with Crippen molar-refractivity contribution >= 4 is 13.6 Å². The molecule has 0 aromatic heterocycles. The van der Waals surface area contributed by atoms with E-state index in [1.165, 1.54) is 39.3 Å². The molecule has 22 heavy (non-hydrogen) atoms. The molecule has 1 aromatic rings. The van der Waals surface area contributed by atoms with Crippen LogP contribution in [0.2, 0.25) is 6.82 Å². The van der Waals surface area contributed by atoms with Crippen molar-refractivity contribution in [1.29, 1.82) is 0 Å². The van der Waals surface area contributed by atoms with Crippen LogP contribution in [0.5, 0.6) is 0 Å². The molecule has 0 saturated carbocycles. The van der Waals surface area contributed by atoms with Crippen LogP contribution < -0.4 is 10.6 Å². The average molecular weight is 304 g/mol. The fourth-order valence-electron chi connectivity index (χ4n) is 2.66. The second-order valence-corrected chi connectivity index (χ2v) is 5.23. The van der Waals surface area contributed by atoms with Gasteiger partial charge in [0.25, 0.3) is 6.47 Å². The smallest absolute Gasteiger partial charge is 0.293 e. The van der Waals surface area contributed by atoms with Crippen molar-refractivity contribution < 1.29 is 14.2 Å². The van der Waals surface area contributed by atoms with Crippen molar-refractivity contribution in [2.75, 3.05) is 19.6 Å². The minimum absolute atomic E-state index is 0.365. The molecule has 0 amide bonds. The SMILES string of the molecule is C1C[C@@H]2CCN[C@@H]2CN1.CB=O.O=COCc1ccccc1. The molecule has 0 unspecified atom stereocenters. The number of ether oxygens (including phenoxy) is 1. The van der Waals surface area contributed by atoms with E-state index in [0.29, 0.717) is 13.1 Å². The summed E-state index contributed by atoms with van der Waals surface area (Å²) in [6, 6.07) is 10.4. The fourth-order valence-corrected chi connectivity index (χ4v) is 2.66. The molecule has 0 aliphatic carbocycles. The number of nitrogens with one attached hydrogen (secondary N) is 2. The summed E-state index contributed by atoms with van der Waals surface area (Å²) in [5, 5.41) is 6.89. The van der Waals surface area contributed by atoms with Crippen LogP contribution in [0.25, 0.3) is 0 Å². The molecule has 2 aliphatic rings. The number of hydrogen-bond donors (Lipinski definition) is 2. The molecular formula is C16H25BN2O3. The molecule has 3 rings (SSSR count). The summed E-state index contributed by atoms with van der Waals surface area (Å²) >= 11 is 0. The van der Waals surface area contributed by atoms with E-state index < -0.39 is 0 Å². The van der Waals surface area contributed by atoms with E-state index in [-0.39, 0.29) is 0 Å². The van der Waals surface area contributed by atoms with Crippen molar-refractivity contribution in [2.45, 2.75) is 32.3 Å². The number of carbonyl (C=O) groups excluding carboxylic acids is 1. The van der Waals surface area contributed by atoms with Crippen molar-refractivity contribution in [3.8, 4) is 0 Å². The van der Waals surface area contributed by atoms with Crippen LogP contribution in [0.4, 0.5) is 0 Å². The number of benzene rings is 1. The Kier molecular flexibility index (Phi) is 10.2. The zero-order chi connectivity index (χ0) is 16.0. The maximum atomic E-state index is 9.76. The van der Waals surface area contributed by atoms with Gasteiger partial charge in [-0.1, -0.05) is 30.3 Å². The Labute approximate surface area is 133 Å². The quantitative estimate of drug-likeness (QED) is 0.653. The van der Waals surface area contributed by atoms with Gasteiger partial charge in [-0.2, -0.15) is 0 Å². The first-order chi connectivity index (χ1) is 10.8. The van der Waals surface area contributed by atoms with E-state index in [1.54, 1.807) is 0 Å². The van der Waals surface area contributed by atoms with Crippen LogP contribution in [0.1, 0.15) is 18.4 Å². The van der Waals surface area contributed by atoms with Gasteiger partial charge in [-0.05, 0) is 37.4 Å². The van der Waals surface area contributed by atoms with E-state index in [2.05, 4.69) is 15.4 Å². The van der Waals surface area contributed by atoms with Crippen LogP contribution in [0, 0.1) is 5.92 Å². The predicted molar refractivity (Wildman–Crippen MR) is 87.0 cm³/mol. The molecule has 1 aromatic carbocycles. The molecule has 6 heteroatoms. The molecule has 0 spiro atoms. The molecule has 0 bridgehead atoms. The minimum atomic E-state index is 0.365. The standard InChI is InChI=1S/C8H8O2.C7H14N2.CH3BO/c9-7-10-6-8-4-2-1-3-5-8;1-3-8-5-7-6(1)2-4-9-7;1-2-3/h1-5,7H,6H2;6-9H,1-5H2;1H3/t;6-,7-;/m.1./s1. The third kappa shape index (κ3) is 7.47. The first-order valence-electron chi connectivity index (χ1n) is 7.74. The molecule has 0 radical (unpaired) electrons. The first-order valence-corrected chi connectivity index (χ1v) is 7.74. The molecule has 2 fully saturated rings. The second kappa shape index (κ2) is 12.1. The van der Waals surface area contributed by atoms with Gasteiger partial charge in [0.05, 0.1) is 0 Å². The normalized spacial score (nSPS) is 21.9. The number of carbonyl (C=O) groups is 1. The Morgan fingerprint density at radius 3 is 2.59 bits per heavy atom. The summed E-state index contributed by atoms with van der Waals surface area (Å²) in [5.74, 6) is 0.992. The van der Waals surface area contributed by atoms with Crippen LogP contribution in [0.3, 0.4) is 0 Å². The number of hydrogen-bond acceptors (Lipinski definition) is 5. The molecule has 5 nitrogen and oxygen atoms in total. The van der Waals surface area contributed by atoms with Crippen LogP contribution >= 0.6 is 0 Å². The largest absolute Gasteiger partial charge is 0.463 e. The van der Waals surface area contributed by atoms with E-state index in [4.69, 9.17) is 4.70 Å². The molecule has 2 aliphatic heterocycles. The summed E-state index contributed by atoms with van der Waals surface area (Å²) in [7, 11) is 0.750. The van der Waals surface area contributed by atoms with Gasteiger partial charge in [-0.25, -0.2) is 0 Å². The molecule has 2 heterocycles. The zero-order valence-corrected chi connectivity index (χ0v) is 13.2. The average Bonchev–Trinajstić information content (AvgIpc) is 3.04. The van der Waals surface area contributed by atoms with Gasteiger partial charge >= 0.3 is 18.7 Å². The van der Waals surface area contributed by atoms with Crippen LogP contribution in [-0.2, 0) is 20.8 Å². The number of piperidine rings is 1. The Balaban J connectivity index is 0.000000188. The Bertz CT molecular complexity index is 405. The third-order valence-corrected chi connectivity index (χ3v) is 3.71. The topological polar surface area (TPSA) is 67.4 Å². The summed E-state index contributed by atoms with van der Waals surface area (Å²) in [5.41, 5.74) is 1.01.